The number of benzene rings is 2. The largest absolute Gasteiger partial charge is 0.494 e. The third-order valence-electron chi connectivity index (χ3n) is 4.91. The van der Waals surface area contributed by atoms with E-state index < -0.39 is 41.5 Å². The summed E-state index contributed by atoms with van der Waals surface area (Å²) in [6, 6.07) is 6.33. The molecule has 0 atom stereocenters. The smallest absolute Gasteiger partial charge is 0.399 e. The van der Waals surface area contributed by atoms with Crippen LogP contribution in [0.5, 0.6) is 0 Å². The van der Waals surface area contributed by atoms with E-state index in [9.17, 15) is 13.2 Å². The van der Waals surface area contributed by atoms with Crippen LogP contribution in [-0.4, -0.2) is 18.3 Å². The average Bonchev–Trinajstić information content (AvgIpc) is 2.72. The lowest BCUT2D eigenvalue weighted by molar-refractivity contribution is 0.00578. The van der Waals surface area contributed by atoms with Crippen LogP contribution < -0.4 is 11.2 Å². The molecule has 3 rings (SSSR count). The van der Waals surface area contributed by atoms with Gasteiger partial charge in [0.15, 0.2) is 0 Å². The van der Waals surface area contributed by atoms with Crippen LogP contribution in [0, 0.1) is 17.5 Å². The molecule has 2 aromatic carbocycles. The monoisotopic (exact) mass is 349 g/mol. The third-order valence-corrected chi connectivity index (χ3v) is 4.91. The normalized spacial score (nSPS) is 18.6. The van der Waals surface area contributed by atoms with Gasteiger partial charge in [-0.15, -0.1) is 0 Å². The Morgan fingerprint density at radius 1 is 0.840 bits per heavy atom. The first-order chi connectivity index (χ1) is 11.5. The number of halogens is 3. The zero-order valence-electron chi connectivity index (χ0n) is 14.5. The fourth-order valence-corrected chi connectivity index (χ4v) is 2.63. The van der Waals surface area contributed by atoms with Gasteiger partial charge >= 0.3 is 7.12 Å². The molecule has 132 valence electrons. The number of rotatable bonds is 2. The maximum absolute atomic E-state index is 14.6. The van der Waals surface area contributed by atoms with Crippen molar-refractivity contribution >= 4 is 18.3 Å². The molecule has 7 heteroatoms. The third kappa shape index (κ3) is 3.02. The molecular weight excluding hydrogens is 330 g/mol. The summed E-state index contributed by atoms with van der Waals surface area (Å²) in [7, 11) is -0.714. The van der Waals surface area contributed by atoms with Gasteiger partial charge in [0.25, 0.3) is 0 Å². The van der Waals surface area contributed by atoms with Crippen molar-refractivity contribution in [3.05, 3.63) is 47.8 Å². The molecule has 25 heavy (non-hydrogen) atoms. The molecule has 1 fully saturated rings. The highest BCUT2D eigenvalue weighted by molar-refractivity contribution is 6.62. The molecule has 1 aliphatic heterocycles. The standard InChI is InChI=1S/C18H19BF3NO2/c1-17(2)18(3,4)25-19(24-17)11-5-6-12(13(20)9-11)10-7-14(21)16(23)15(22)8-10/h5-9H,23H2,1-4H3. The molecule has 0 radical (unpaired) electrons. The van der Waals surface area contributed by atoms with Gasteiger partial charge in [-0.05, 0) is 56.9 Å². The van der Waals surface area contributed by atoms with E-state index in [0.717, 1.165) is 12.1 Å². The first-order valence-corrected chi connectivity index (χ1v) is 7.92. The van der Waals surface area contributed by atoms with Crippen molar-refractivity contribution in [3.8, 4) is 11.1 Å². The highest BCUT2D eigenvalue weighted by Crippen LogP contribution is 2.36. The van der Waals surface area contributed by atoms with Gasteiger partial charge in [0.1, 0.15) is 23.1 Å². The first kappa shape index (κ1) is 17.8. The molecule has 0 amide bonds. The minimum Gasteiger partial charge on any atom is -0.399 e. The van der Waals surface area contributed by atoms with Crippen LogP contribution >= 0.6 is 0 Å². The number of nitrogen functional groups attached to an aromatic ring is 1. The summed E-state index contributed by atoms with van der Waals surface area (Å²) in [6.45, 7) is 7.60. The molecule has 1 aliphatic rings. The summed E-state index contributed by atoms with van der Waals surface area (Å²) < 4.78 is 53.6. The van der Waals surface area contributed by atoms with Crippen LogP contribution in [0.4, 0.5) is 18.9 Å². The van der Waals surface area contributed by atoms with Gasteiger partial charge in [0.05, 0.1) is 11.2 Å². The van der Waals surface area contributed by atoms with Gasteiger partial charge in [-0.1, -0.05) is 12.1 Å². The Morgan fingerprint density at radius 2 is 1.36 bits per heavy atom. The van der Waals surface area contributed by atoms with Gasteiger partial charge in [0.2, 0.25) is 0 Å². The van der Waals surface area contributed by atoms with Gasteiger partial charge in [-0.2, -0.15) is 0 Å². The average molecular weight is 349 g/mol. The number of hydrogen-bond acceptors (Lipinski definition) is 3. The Balaban J connectivity index is 1.95. The Bertz CT molecular complexity index is 800. The van der Waals surface area contributed by atoms with Crippen LogP contribution in [0.2, 0.25) is 0 Å². The van der Waals surface area contributed by atoms with E-state index in [1.54, 1.807) is 6.07 Å². The lowest BCUT2D eigenvalue weighted by Crippen LogP contribution is -2.41. The highest BCUT2D eigenvalue weighted by atomic mass is 19.1. The molecule has 1 heterocycles. The number of hydrogen-bond donors (Lipinski definition) is 1. The van der Waals surface area contributed by atoms with Gasteiger partial charge in [-0.3, -0.25) is 0 Å². The summed E-state index contributed by atoms with van der Waals surface area (Å²) >= 11 is 0. The van der Waals surface area contributed by atoms with E-state index in [1.807, 2.05) is 27.7 Å². The molecular formula is C18H19BF3NO2. The molecule has 0 aliphatic carbocycles. The molecule has 1 saturated heterocycles. The maximum atomic E-state index is 14.6. The Kier molecular flexibility index (Phi) is 4.12. The van der Waals surface area contributed by atoms with Crippen molar-refractivity contribution in [1.29, 1.82) is 0 Å². The van der Waals surface area contributed by atoms with Crippen molar-refractivity contribution in [2.24, 2.45) is 0 Å². The first-order valence-electron chi connectivity index (χ1n) is 7.92. The molecule has 0 aromatic heterocycles. The van der Waals surface area contributed by atoms with Gasteiger partial charge < -0.3 is 15.0 Å². The lowest BCUT2D eigenvalue weighted by atomic mass is 9.78. The van der Waals surface area contributed by atoms with E-state index in [1.165, 1.54) is 12.1 Å². The fourth-order valence-electron chi connectivity index (χ4n) is 2.63. The summed E-state index contributed by atoms with van der Waals surface area (Å²) in [5.41, 5.74) is 4.21. The lowest BCUT2D eigenvalue weighted by Gasteiger charge is -2.32. The zero-order valence-corrected chi connectivity index (χ0v) is 14.5. The second-order valence-electron chi connectivity index (χ2n) is 7.18. The quantitative estimate of drug-likeness (QED) is 0.665. The van der Waals surface area contributed by atoms with Gasteiger partial charge in [-0.25, -0.2) is 13.2 Å². The van der Waals surface area contributed by atoms with Crippen molar-refractivity contribution in [2.75, 3.05) is 5.73 Å². The number of nitrogens with two attached hydrogens (primary N) is 1. The van der Waals surface area contributed by atoms with Crippen molar-refractivity contribution in [3.63, 3.8) is 0 Å². The summed E-state index contributed by atoms with van der Waals surface area (Å²) in [5, 5.41) is 0. The van der Waals surface area contributed by atoms with Crippen LogP contribution in [0.25, 0.3) is 11.1 Å². The SMILES string of the molecule is CC1(C)OB(c2ccc(-c3cc(F)c(N)c(F)c3)c(F)c2)OC1(C)C. The van der Waals surface area contributed by atoms with Gasteiger partial charge in [0, 0.05) is 5.56 Å². The summed E-state index contributed by atoms with van der Waals surface area (Å²) in [4.78, 5) is 0. The highest BCUT2D eigenvalue weighted by Gasteiger charge is 2.51. The minimum absolute atomic E-state index is 0.0677. The van der Waals surface area contributed by atoms with E-state index >= 15 is 0 Å². The summed E-state index contributed by atoms with van der Waals surface area (Å²) in [5.74, 6) is -2.48. The van der Waals surface area contributed by atoms with Crippen molar-refractivity contribution in [2.45, 2.75) is 38.9 Å². The van der Waals surface area contributed by atoms with Crippen LogP contribution in [0.3, 0.4) is 0 Å². The Hall–Kier alpha value is -1.99. The van der Waals surface area contributed by atoms with E-state index in [0.29, 0.717) is 5.46 Å². The predicted octanol–water partition coefficient (Wildman–Crippen LogP) is 3.65. The molecule has 0 spiro atoms. The topological polar surface area (TPSA) is 44.5 Å². The second kappa shape index (κ2) is 5.78. The predicted molar refractivity (Wildman–Crippen MR) is 91.9 cm³/mol. The molecule has 3 nitrogen and oxygen atoms in total. The minimum atomic E-state index is -0.926. The molecule has 2 N–H and O–H groups in total. The van der Waals surface area contributed by atoms with Crippen molar-refractivity contribution < 1.29 is 22.5 Å². The molecule has 0 saturated carbocycles. The van der Waals surface area contributed by atoms with E-state index in [4.69, 9.17) is 15.0 Å². The second-order valence-corrected chi connectivity index (χ2v) is 7.18. The summed E-state index contributed by atoms with van der Waals surface area (Å²) in [6.07, 6.45) is 0. The molecule has 0 unspecified atom stereocenters. The van der Waals surface area contributed by atoms with Crippen LogP contribution in [0.15, 0.2) is 30.3 Å². The van der Waals surface area contributed by atoms with E-state index in [-0.39, 0.29) is 11.1 Å². The Morgan fingerprint density at radius 3 is 1.84 bits per heavy atom. The van der Waals surface area contributed by atoms with Crippen LogP contribution in [0.1, 0.15) is 27.7 Å². The van der Waals surface area contributed by atoms with Crippen molar-refractivity contribution in [1.82, 2.24) is 0 Å². The Labute approximate surface area is 145 Å². The molecule has 2 aromatic rings. The number of anilines is 1. The maximum Gasteiger partial charge on any atom is 0.494 e. The van der Waals surface area contributed by atoms with Crippen LogP contribution in [-0.2, 0) is 9.31 Å². The zero-order chi connectivity index (χ0) is 18.6. The fraction of sp³-hybridized carbons (Fsp3) is 0.333. The molecule has 0 bridgehead atoms. The van der Waals surface area contributed by atoms with E-state index in [2.05, 4.69) is 0 Å².